The number of aryl methyl sites for hydroxylation is 1. The van der Waals surface area contributed by atoms with Crippen LogP contribution in [0.2, 0.25) is 0 Å². The van der Waals surface area contributed by atoms with E-state index in [1.54, 1.807) is 0 Å². The summed E-state index contributed by atoms with van der Waals surface area (Å²) >= 11 is 1.89. The Kier molecular flexibility index (Phi) is 11.8. The van der Waals surface area contributed by atoms with Gasteiger partial charge in [-0.1, -0.05) is 26.7 Å². The Bertz CT molecular complexity index is 596. The highest BCUT2D eigenvalue weighted by molar-refractivity contribution is 14.0. The lowest BCUT2D eigenvalue weighted by Gasteiger charge is -2.32. The van der Waals surface area contributed by atoms with Gasteiger partial charge in [-0.15, -0.1) is 34.2 Å². The fourth-order valence-electron chi connectivity index (χ4n) is 4.05. The molecule has 1 heterocycles. The van der Waals surface area contributed by atoms with Crippen LogP contribution < -0.4 is 10.6 Å². The topological polar surface area (TPSA) is 67.1 Å². The monoisotopic (exact) mass is 522 g/mol. The summed E-state index contributed by atoms with van der Waals surface area (Å²) in [5.74, 6) is 4.63. The molecule has 0 aromatic carbocycles. The molecule has 0 unspecified atom stereocenters. The molecule has 1 fully saturated rings. The van der Waals surface area contributed by atoms with Crippen LogP contribution in [0.3, 0.4) is 0 Å². The van der Waals surface area contributed by atoms with Crippen LogP contribution in [0.1, 0.15) is 64.0 Å². The average Bonchev–Trinajstić information content (AvgIpc) is 3.21. The van der Waals surface area contributed by atoms with Crippen LogP contribution in [0.4, 0.5) is 0 Å². The summed E-state index contributed by atoms with van der Waals surface area (Å²) < 4.78 is 2.01. The molecule has 2 rings (SSSR count). The molecule has 1 aromatic heterocycles. The van der Waals surface area contributed by atoms with E-state index in [4.69, 9.17) is 4.99 Å². The van der Waals surface area contributed by atoms with Crippen molar-refractivity contribution in [2.45, 2.75) is 65.8 Å². The van der Waals surface area contributed by atoms with E-state index in [1.807, 2.05) is 30.3 Å². The van der Waals surface area contributed by atoms with Gasteiger partial charge in [0.25, 0.3) is 0 Å². The molecule has 2 N–H and O–H groups in total. The highest BCUT2D eigenvalue weighted by Gasteiger charge is 2.34. The fourth-order valence-corrected chi connectivity index (χ4v) is 4.48. The summed E-state index contributed by atoms with van der Waals surface area (Å²) in [5.41, 5.74) is 0.428. The van der Waals surface area contributed by atoms with E-state index < -0.39 is 0 Å². The van der Waals surface area contributed by atoms with Crippen LogP contribution in [0, 0.1) is 18.3 Å². The van der Waals surface area contributed by atoms with E-state index in [2.05, 4.69) is 40.9 Å². The van der Waals surface area contributed by atoms with E-state index in [0.29, 0.717) is 12.0 Å². The lowest BCUT2D eigenvalue weighted by molar-refractivity contribution is 0.234. The van der Waals surface area contributed by atoms with Gasteiger partial charge in [0, 0.05) is 20.1 Å². The van der Waals surface area contributed by atoms with E-state index in [0.717, 1.165) is 43.0 Å². The van der Waals surface area contributed by atoms with Crippen LogP contribution in [0.25, 0.3) is 0 Å². The molecule has 0 spiro atoms. The SMILES string of the molecule is CSCCCNC(=NCc1nnc(C)n1C)NCC1(CC(C)C)CCCC1.I. The largest absolute Gasteiger partial charge is 0.356 e. The lowest BCUT2D eigenvalue weighted by Crippen LogP contribution is -2.44. The Labute approximate surface area is 192 Å². The molecule has 8 heteroatoms. The number of nitrogens with zero attached hydrogens (tertiary/aromatic N) is 4. The second-order valence-electron chi connectivity index (χ2n) is 8.32. The molecule has 0 bridgehead atoms. The minimum atomic E-state index is 0. The third kappa shape index (κ3) is 8.08. The van der Waals surface area contributed by atoms with Crippen LogP contribution in [-0.2, 0) is 13.6 Å². The minimum Gasteiger partial charge on any atom is -0.356 e. The predicted molar refractivity (Wildman–Crippen MR) is 132 cm³/mol. The molecule has 1 saturated carbocycles. The number of halogens is 1. The van der Waals surface area contributed by atoms with Gasteiger partial charge in [0.15, 0.2) is 11.8 Å². The molecular weight excluding hydrogens is 483 g/mol. The first-order chi connectivity index (χ1) is 13.0. The second-order valence-corrected chi connectivity index (χ2v) is 9.30. The van der Waals surface area contributed by atoms with E-state index in [-0.39, 0.29) is 24.0 Å². The third-order valence-corrected chi connectivity index (χ3v) is 6.21. The van der Waals surface area contributed by atoms with Gasteiger partial charge < -0.3 is 15.2 Å². The summed E-state index contributed by atoms with van der Waals surface area (Å²) in [6, 6.07) is 0. The van der Waals surface area contributed by atoms with Crippen molar-refractivity contribution in [1.82, 2.24) is 25.4 Å². The molecule has 28 heavy (non-hydrogen) atoms. The molecule has 6 nitrogen and oxygen atoms in total. The summed E-state index contributed by atoms with van der Waals surface area (Å²) in [7, 11) is 2.00. The van der Waals surface area contributed by atoms with Gasteiger partial charge in [-0.3, -0.25) is 0 Å². The number of nitrogens with one attached hydrogen (secondary N) is 2. The van der Waals surface area contributed by atoms with Crippen molar-refractivity contribution in [3.05, 3.63) is 11.6 Å². The molecule has 0 saturated heterocycles. The first-order valence-corrected chi connectivity index (χ1v) is 11.7. The minimum absolute atomic E-state index is 0. The van der Waals surface area contributed by atoms with Crippen molar-refractivity contribution < 1.29 is 0 Å². The molecule has 1 aromatic rings. The summed E-state index contributed by atoms with van der Waals surface area (Å²) in [5, 5.41) is 15.5. The first kappa shape index (κ1) is 25.5. The lowest BCUT2D eigenvalue weighted by atomic mass is 9.78. The summed E-state index contributed by atoms with van der Waals surface area (Å²) in [6.07, 6.45) is 9.98. The van der Waals surface area contributed by atoms with Crippen LogP contribution in [0.15, 0.2) is 4.99 Å². The Morgan fingerprint density at radius 1 is 1.25 bits per heavy atom. The highest BCUT2D eigenvalue weighted by Crippen LogP contribution is 2.42. The molecular formula is C20H39IN6S. The number of guanidine groups is 1. The van der Waals surface area contributed by atoms with Gasteiger partial charge in [-0.05, 0) is 55.9 Å². The Hall–Kier alpha value is -0.510. The molecule has 0 atom stereocenters. The molecule has 1 aliphatic carbocycles. The van der Waals surface area contributed by atoms with Crippen molar-refractivity contribution in [2.75, 3.05) is 25.1 Å². The number of thioether (sulfide) groups is 1. The Morgan fingerprint density at radius 3 is 2.54 bits per heavy atom. The number of aliphatic imine (C=N–C) groups is 1. The Morgan fingerprint density at radius 2 is 1.96 bits per heavy atom. The van der Waals surface area contributed by atoms with Crippen LogP contribution >= 0.6 is 35.7 Å². The van der Waals surface area contributed by atoms with Crippen molar-refractivity contribution in [2.24, 2.45) is 23.4 Å². The van der Waals surface area contributed by atoms with Crippen LogP contribution in [-0.4, -0.2) is 45.8 Å². The van der Waals surface area contributed by atoms with Crippen LogP contribution in [0.5, 0.6) is 0 Å². The third-order valence-electron chi connectivity index (χ3n) is 5.52. The number of hydrogen-bond acceptors (Lipinski definition) is 4. The zero-order valence-electron chi connectivity index (χ0n) is 18.3. The maximum atomic E-state index is 4.80. The highest BCUT2D eigenvalue weighted by atomic mass is 127. The first-order valence-electron chi connectivity index (χ1n) is 10.3. The van der Waals surface area contributed by atoms with Gasteiger partial charge in [-0.2, -0.15) is 11.8 Å². The normalized spacial score (nSPS) is 16.3. The van der Waals surface area contributed by atoms with Crippen molar-refractivity contribution >= 4 is 41.7 Å². The van der Waals surface area contributed by atoms with Gasteiger partial charge in [0.05, 0.1) is 0 Å². The molecule has 0 amide bonds. The molecule has 1 aliphatic rings. The second kappa shape index (κ2) is 12.9. The van der Waals surface area contributed by atoms with Gasteiger partial charge >= 0.3 is 0 Å². The molecule has 0 aliphatic heterocycles. The van der Waals surface area contributed by atoms with Crippen molar-refractivity contribution in [1.29, 1.82) is 0 Å². The van der Waals surface area contributed by atoms with E-state index >= 15 is 0 Å². The maximum Gasteiger partial charge on any atom is 0.191 e. The Balaban J connectivity index is 0.00000392. The van der Waals surface area contributed by atoms with Crippen molar-refractivity contribution in [3.63, 3.8) is 0 Å². The molecule has 162 valence electrons. The summed E-state index contributed by atoms with van der Waals surface area (Å²) in [4.78, 5) is 4.80. The zero-order valence-corrected chi connectivity index (χ0v) is 21.4. The average molecular weight is 523 g/mol. The molecule has 0 radical (unpaired) electrons. The standard InChI is InChI=1S/C20H38N6S.HI/c1-16(2)13-20(9-6-7-10-20)15-23-19(21-11-8-12-27-5)22-14-18-25-24-17(3)26(18)4;/h16H,6-15H2,1-5H3,(H2,21,22,23);1H. The quantitative estimate of drug-likeness (QED) is 0.209. The number of rotatable bonds is 10. The number of aromatic nitrogens is 3. The predicted octanol–water partition coefficient (Wildman–Crippen LogP) is 4.14. The van der Waals surface area contributed by atoms with Gasteiger partial charge in [0.1, 0.15) is 12.4 Å². The maximum absolute atomic E-state index is 4.80. The van der Waals surface area contributed by atoms with Gasteiger partial charge in [0.2, 0.25) is 0 Å². The van der Waals surface area contributed by atoms with Gasteiger partial charge in [-0.25, -0.2) is 4.99 Å². The number of hydrogen-bond donors (Lipinski definition) is 2. The van der Waals surface area contributed by atoms with Crippen molar-refractivity contribution in [3.8, 4) is 0 Å². The van der Waals surface area contributed by atoms with E-state index in [1.165, 1.54) is 37.9 Å². The summed E-state index contributed by atoms with van der Waals surface area (Å²) in [6.45, 7) is 9.15. The zero-order chi connectivity index (χ0) is 19.7. The van der Waals surface area contributed by atoms with E-state index in [9.17, 15) is 0 Å². The fraction of sp³-hybridized carbons (Fsp3) is 0.850. The smallest absolute Gasteiger partial charge is 0.191 e.